The Bertz CT molecular complexity index is 878. The van der Waals surface area contributed by atoms with Gasteiger partial charge in [-0.05, 0) is 41.7 Å². The topological polar surface area (TPSA) is 15.3 Å². The maximum Gasteiger partial charge on any atom is 0.0605 e. The van der Waals surface area contributed by atoms with Crippen LogP contribution in [-0.4, -0.2) is 31.1 Å². The lowest BCUT2D eigenvalue weighted by molar-refractivity contribution is 0.198. The Hall–Kier alpha value is -2.42. The zero-order valence-corrected chi connectivity index (χ0v) is 16.3. The zero-order valence-electron chi connectivity index (χ0n) is 16.3. The van der Waals surface area contributed by atoms with Crippen LogP contribution in [0.5, 0.6) is 0 Å². The Labute approximate surface area is 162 Å². The summed E-state index contributed by atoms with van der Waals surface area (Å²) in [4.78, 5) is 2.62. The van der Waals surface area contributed by atoms with Crippen LogP contribution < -0.4 is 5.32 Å². The highest BCUT2D eigenvalue weighted by atomic mass is 15.2. The number of nitrogens with zero attached hydrogens (tertiary/aromatic N) is 1. The Morgan fingerprint density at radius 2 is 1.44 bits per heavy atom. The van der Waals surface area contributed by atoms with Crippen LogP contribution in [0.25, 0.3) is 11.1 Å². The van der Waals surface area contributed by atoms with Gasteiger partial charge < -0.3 is 5.32 Å². The summed E-state index contributed by atoms with van der Waals surface area (Å²) in [7, 11) is 0. The van der Waals surface area contributed by atoms with E-state index in [2.05, 4.69) is 96.9 Å². The molecule has 3 aromatic carbocycles. The molecule has 27 heavy (non-hydrogen) atoms. The van der Waals surface area contributed by atoms with Gasteiger partial charge in [-0.2, -0.15) is 0 Å². The van der Waals surface area contributed by atoms with E-state index in [-0.39, 0.29) is 0 Å². The molecule has 0 bridgehead atoms. The van der Waals surface area contributed by atoms with Crippen molar-refractivity contribution >= 4 is 0 Å². The van der Waals surface area contributed by atoms with Gasteiger partial charge in [-0.15, -0.1) is 0 Å². The van der Waals surface area contributed by atoms with E-state index in [9.17, 15) is 0 Å². The Balaban J connectivity index is 1.72. The highest BCUT2D eigenvalue weighted by Gasteiger charge is 2.25. The van der Waals surface area contributed by atoms with Gasteiger partial charge in [0.2, 0.25) is 0 Å². The van der Waals surface area contributed by atoms with Gasteiger partial charge in [0.05, 0.1) is 6.04 Å². The summed E-state index contributed by atoms with van der Waals surface area (Å²) in [5, 5.41) is 3.49. The first-order valence-electron chi connectivity index (χ1n) is 9.90. The van der Waals surface area contributed by atoms with Gasteiger partial charge in [0.25, 0.3) is 0 Å². The molecule has 1 atom stereocenters. The predicted molar refractivity (Wildman–Crippen MR) is 114 cm³/mol. The molecule has 0 saturated carbocycles. The van der Waals surface area contributed by atoms with Crippen LogP contribution in [0.3, 0.4) is 0 Å². The minimum Gasteiger partial charge on any atom is -0.314 e. The summed E-state index contributed by atoms with van der Waals surface area (Å²) in [5.41, 5.74) is 8.06. The number of hydrogen-bond donors (Lipinski definition) is 1. The minimum absolute atomic E-state index is 0.317. The Morgan fingerprint density at radius 1 is 0.778 bits per heavy atom. The monoisotopic (exact) mass is 356 g/mol. The molecule has 1 aliphatic rings. The van der Waals surface area contributed by atoms with E-state index in [4.69, 9.17) is 0 Å². The van der Waals surface area contributed by atoms with Crippen molar-refractivity contribution in [3.05, 3.63) is 95.1 Å². The summed E-state index contributed by atoms with van der Waals surface area (Å²) in [6, 6.07) is 27.0. The largest absolute Gasteiger partial charge is 0.314 e. The molecule has 0 amide bonds. The molecule has 1 aliphatic heterocycles. The van der Waals surface area contributed by atoms with Crippen molar-refractivity contribution in [2.75, 3.05) is 26.2 Å². The smallest absolute Gasteiger partial charge is 0.0605 e. The van der Waals surface area contributed by atoms with Crippen molar-refractivity contribution in [2.45, 2.75) is 19.9 Å². The van der Waals surface area contributed by atoms with Crippen molar-refractivity contribution < 1.29 is 0 Å². The fraction of sp³-hybridized carbons (Fsp3) is 0.280. The molecule has 1 fully saturated rings. The van der Waals surface area contributed by atoms with Crippen LogP contribution >= 0.6 is 0 Å². The number of hydrogen-bond acceptors (Lipinski definition) is 2. The zero-order chi connectivity index (χ0) is 18.6. The molecular formula is C25H28N2. The minimum atomic E-state index is 0.317. The summed E-state index contributed by atoms with van der Waals surface area (Å²) >= 11 is 0. The number of benzene rings is 3. The second kappa shape index (κ2) is 8.08. The fourth-order valence-corrected chi connectivity index (χ4v) is 4.15. The molecule has 1 saturated heterocycles. The number of nitrogens with one attached hydrogen (secondary N) is 1. The van der Waals surface area contributed by atoms with Crippen LogP contribution in [0.1, 0.15) is 28.3 Å². The molecule has 0 aromatic heterocycles. The van der Waals surface area contributed by atoms with Gasteiger partial charge in [-0.1, -0.05) is 78.4 Å². The van der Waals surface area contributed by atoms with E-state index < -0.39 is 0 Å². The summed E-state index contributed by atoms with van der Waals surface area (Å²) in [5.74, 6) is 0. The third-order valence-corrected chi connectivity index (χ3v) is 5.57. The summed E-state index contributed by atoms with van der Waals surface area (Å²) in [6.45, 7) is 8.70. The van der Waals surface area contributed by atoms with E-state index >= 15 is 0 Å². The van der Waals surface area contributed by atoms with Crippen LogP contribution in [0.4, 0.5) is 0 Å². The van der Waals surface area contributed by atoms with Crippen LogP contribution in [-0.2, 0) is 0 Å². The molecule has 4 rings (SSSR count). The lowest BCUT2D eigenvalue weighted by atomic mass is 9.91. The molecule has 2 heteroatoms. The molecule has 3 aromatic rings. The van der Waals surface area contributed by atoms with Gasteiger partial charge in [0, 0.05) is 26.2 Å². The highest BCUT2D eigenvalue weighted by Crippen LogP contribution is 2.33. The summed E-state index contributed by atoms with van der Waals surface area (Å²) in [6.07, 6.45) is 0. The molecular weight excluding hydrogens is 328 g/mol. The lowest BCUT2D eigenvalue weighted by Gasteiger charge is -2.36. The lowest BCUT2D eigenvalue weighted by Crippen LogP contribution is -2.45. The van der Waals surface area contributed by atoms with Crippen LogP contribution in [0, 0.1) is 13.8 Å². The maximum absolute atomic E-state index is 3.49. The number of piperazine rings is 1. The summed E-state index contributed by atoms with van der Waals surface area (Å²) < 4.78 is 0. The van der Waals surface area contributed by atoms with E-state index in [1.165, 1.54) is 33.4 Å². The third-order valence-electron chi connectivity index (χ3n) is 5.57. The van der Waals surface area contributed by atoms with Crippen LogP contribution in [0.2, 0.25) is 0 Å². The molecule has 138 valence electrons. The molecule has 0 radical (unpaired) electrons. The average Bonchev–Trinajstić information content (AvgIpc) is 2.72. The van der Waals surface area contributed by atoms with Gasteiger partial charge in [-0.3, -0.25) is 4.90 Å². The average molecular weight is 357 g/mol. The fourth-order valence-electron chi connectivity index (χ4n) is 4.15. The van der Waals surface area contributed by atoms with Crippen molar-refractivity contribution in [1.82, 2.24) is 10.2 Å². The van der Waals surface area contributed by atoms with Crippen molar-refractivity contribution in [1.29, 1.82) is 0 Å². The Morgan fingerprint density at radius 3 is 2.11 bits per heavy atom. The van der Waals surface area contributed by atoms with Gasteiger partial charge >= 0.3 is 0 Å². The van der Waals surface area contributed by atoms with Crippen molar-refractivity contribution in [3.8, 4) is 11.1 Å². The second-order valence-electron chi connectivity index (χ2n) is 7.54. The van der Waals surface area contributed by atoms with Crippen molar-refractivity contribution in [3.63, 3.8) is 0 Å². The second-order valence-corrected chi connectivity index (χ2v) is 7.54. The molecule has 2 nitrogen and oxygen atoms in total. The normalized spacial score (nSPS) is 16.2. The van der Waals surface area contributed by atoms with Gasteiger partial charge in [0.1, 0.15) is 0 Å². The quantitative estimate of drug-likeness (QED) is 0.710. The van der Waals surface area contributed by atoms with E-state index in [0.717, 1.165) is 26.2 Å². The molecule has 1 unspecified atom stereocenters. The standard InChI is InChI=1S/C25H28N2/c1-19-8-13-24(20(2)18-19)25(27-16-14-26-15-17-27)23-11-9-22(10-12-23)21-6-4-3-5-7-21/h3-13,18,25-26H,14-17H2,1-2H3. The maximum atomic E-state index is 3.49. The molecule has 1 N–H and O–H groups in total. The highest BCUT2D eigenvalue weighted by molar-refractivity contribution is 5.63. The van der Waals surface area contributed by atoms with Crippen molar-refractivity contribution in [2.24, 2.45) is 0 Å². The van der Waals surface area contributed by atoms with E-state index in [0.29, 0.717) is 6.04 Å². The number of rotatable bonds is 4. The molecule has 1 heterocycles. The van der Waals surface area contributed by atoms with Gasteiger partial charge in [0.15, 0.2) is 0 Å². The van der Waals surface area contributed by atoms with Crippen LogP contribution in [0.15, 0.2) is 72.8 Å². The Kier molecular flexibility index (Phi) is 5.38. The number of aryl methyl sites for hydroxylation is 2. The van der Waals surface area contributed by atoms with E-state index in [1.807, 2.05) is 0 Å². The van der Waals surface area contributed by atoms with E-state index in [1.54, 1.807) is 0 Å². The molecule has 0 aliphatic carbocycles. The third kappa shape index (κ3) is 3.97. The predicted octanol–water partition coefficient (Wildman–Crippen LogP) is 4.97. The molecule has 0 spiro atoms. The SMILES string of the molecule is Cc1ccc(C(c2ccc(-c3ccccc3)cc2)N2CCNCC2)c(C)c1. The first-order chi connectivity index (χ1) is 13.2. The first-order valence-corrected chi connectivity index (χ1v) is 9.90. The first kappa shape index (κ1) is 18.0. The van der Waals surface area contributed by atoms with Gasteiger partial charge in [-0.25, -0.2) is 0 Å².